The average molecular weight is 378 g/mol. The number of hydrogen-bond donors (Lipinski definition) is 2. The number of carbonyl (C=O) groups excluding carboxylic acids is 1. The van der Waals surface area contributed by atoms with E-state index in [-0.39, 0.29) is 11.5 Å². The summed E-state index contributed by atoms with van der Waals surface area (Å²) in [6.45, 7) is 3.81. The lowest BCUT2D eigenvalue weighted by Gasteiger charge is -2.13. The second-order valence-corrected chi connectivity index (χ2v) is 6.32. The van der Waals surface area contributed by atoms with E-state index >= 15 is 0 Å². The van der Waals surface area contributed by atoms with Crippen LogP contribution in [0.25, 0.3) is 17.5 Å². The molecule has 2 N–H and O–H groups in total. The van der Waals surface area contributed by atoms with Crippen molar-refractivity contribution in [2.24, 2.45) is 0 Å². The highest BCUT2D eigenvalue weighted by Crippen LogP contribution is 2.33. The van der Waals surface area contributed by atoms with Crippen molar-refractivity contribution in [1.82, 2.24) is 20.6 Å². The molecule has 0 aliphatic carbocycles. The van der Waals surface area contributed by atoms with Crippen LogP contribution in [0.2, 0.25) is 0 Å². The van der Waals surface area contributed by atoms with E-state index in [0.29, 0.717) is 35.7 Å². The number of ketones is 1. The van der Waals surface area contributed by atoms with Crippen LogP contribution in [0.3, 0.4) is 0 Å². The van der Waals surface area contributed by atoms with Gasteiger partial charge in [-0.1, -0.05) is 43.7 Å². The van der Waals surface area contributed by atoms with Crippen molar-refractivity contribution in [2.45, 2.75) is 26.7 Å². The summed E-state index contributed by atoms with van der Waals surface area (Å²) in [6.07, 6.45) is 5.33. The molecular weight excluding hydrogens is 356 g/mol. The van der Waals surface area contributed by atoms with Crippen LogP contribution >= 0.6 is 0 Å². The number of nitrogens with zero attached hydrogens (tertiary/aromatic N) is 3. The first-order chi connectivity index (χ1) is 13.6. The molecule has 0 saturated carbocycles. The van der Waals surface area contributed by atoms with Crippen molar-refractivity contribution in [3.8, 4) is 22.9 Å². The van der Waals surface area contributed by atoms with Gasteiger partial charge in [-0.05, 0) is 42.3 Å². The van der Waals surface area contributed by atoms with Gasteiger partial charge in [0.05, 0.1) is 5.56 Å². The summed E-state index contributed by atoms with van der Waals surface area (Å²) in [5, 5.41) is 24.2. The molecule has 0 radical (unpaired) electrons. The summed E-state index contributed by atoms with van der Waals surface area (Å²) in [5.41, 5.74) is 2.90. The topological polar surface area (TPSA) is 101 Å². The molecule has 0 aliphatic heterocycles. The minimum Gasteiger partial charge on any atom is -0.507 e. The van der Waals surface area contributed by atoms with E-state index in [0.717, 1.165) is 17.5 Å². The molecule has 144 valence electrons. The zero-order valence-electron chi connectivity index (χ0n) is 15.8. The number of H-pyrrole nitrogens is 1. The van der Waals surface area contributed by atoms with E-state index in [1.54, 1.807) is 12.1 Å². The van der Waals surface area contributed by atoms with Gasteiger partial charge in [0.25, 0.3) is 0 Å². The highest BCUT2D eigenvalue weighted by molar-refractivity contribution is 5.97. The number of benzene rings is 2. The monoisotopic (exact) mass is 378 g/mol. The molecule has 0 unspecified atom stereocenters. The van der Waals surface area contributed by atoms with Gasteiger partial charge in [0.1, 0.15) is 18.1 Å². The van der Waals surface area contributed by atoms with Crippen molar-refractivity contribution >= 4 is 11.9 Å². The fourth-order valence-electron chi connectivity index (χ4n) is 2.88. The molecule has 0 spiro atoms. The lowest BCUT2D eigenvalue weighted by molar-refractivity contribution is 0.101. The maximum atomic E-state index is 11.6. The van der Waals surface area contributed by atoms with E-state index in [4.69, 9.17) is 4.74 Å². The van der Waals surface area contributed by atoms with Gasteiger partial charge in [0, 0.05) is 11.1 Å². The Bertz CT molecular complexity index is 964. The zero-order chi connectivity index (χ0) is 19.9. The van der Waals surface area contributed by atoms with Gasteiger partial charge in [-0.3, -0.25) is 4.79 Å². The van der Waals surface area contributed by atoms with Crippen LogP contribution in [-0.4, -0.2) is 38.1 Å². The molecule has 0 saturated heterocycles. The first-order valence-corrected chi connectivity index (χ1v) is 9.09. The van der Waals surface area contributed by atoms with Crippen LogP contribution in [0, 0.1) is 0 Å². The number of phenolic OH excluding ortho intramolecular Hbond substituents is 1. The van der Waals surface area contributed by atoms with E-state index in [9.17, 15) is 9.90 Å². The first-order valence-electron chi connectivity index (χ1n) is 9.09. The number of phenols is 1. The Morgan fingerprint density at radius 3 is 2.64 bits per heavy atom. The molecule has 1 aromatic heterocycles. The van der Waals surface area contributed by atoms with Gasteiger partial charge in [0.2, 0.25) is 5.82 Å². The summed E-state index contributed by atoms with van der Waals surface area (Å²) in [4.78, 5) is 11.6. The van der Waals surface area contributed by atoms with Gasteiger partial charge >= 0.3 is 0 Å². The SMILES string of the molecule is CCCc1c(OC/C=C\c2ccc(-c3nn[nH]n3)cc2)ccc(C(C)=O)c1O. The molecule has 0 bridgehead atoms. The number of rotatable bonds is 8. The van der Waals surface area contributed by atoms with Crippen molar-refractivity contribution in [2.75, 3.05) is 6.61 Å². The third-order valence-corrected chi connectivity index (χ3v) is 4.28. The maximum Gasteiger partial charge on any atom is 0.204 e. The second kappa shape index (κ2) is 8.94. The zero-order valence-corrected chi connectivity index (χ0v) is 15.8. The number of carbonyl (C=O) groups is 1. The number of aromatic hydroxyl groups is 1. The van der Waals surface area contributed by atoms with Crippen LogP contribution in [0.5, 0.6) is 11.5 Å². The van der Waals surface area contributed by atoms with E-state index in [1.807, 2.05) is 43.3 Å². The number of tetrazole rings is 1. The summed E-state index contributed by atoms with van der Waals surface area (Å²) >= 11 is 0. The number of ether oxygens (including phenoxy) is 1. The predicted molar refractivity (Wildman–Crippen MR) is 106 cm³/mol. The average Bonchev–Trinajstić information content (AvgIpc) is 3.22. The highest BCUT2D eigenvalue weighted by Gasteiger charge is 2.15. The van der Waals surface area contributed by atoms with Crippen LogP contribution < -0.4 is 4.74 Å². The maximum absolute atomic E-state index is 11.6. The lowest BCUT2D eigenvalue weighted by atomic mass is 10.0. The number of aromatic amines is 1. The van der Waals surface area contributed by atoms with Crippen molar-refractivity contribution < 1.29 is 14.6 Å². The van der Waals surface area contributed by atoms with Gasteiger partial charge in [-0.2, -0.15) is 5.21 Å². The van der Waals surface area contributed by atoms with E-state index < -0.39 is 0 Å². The molecular formula is C21H22N4O3. The van der Waals surface area contributed by atoms with Gasteiger partial charge < -0.3 is 9.84 Å². The lowest BCUT2D eigenvalue weighted by Crippen LogP contribution is -2.02. The molecule has 1 heterocycles. The number of nitrogens with one attached hydrogen (secondary N) is 1. The number of hydrogen-bond acceptors (Lipinski definition) is 6. The quantitative estimate of drug-likeness (QED) is 0.578. The molecule has 2 aromatic carbocycles. The molecule has 0 fully saturated rings. The molecule has 3 rings (SSSR count). The third-order valence-electron chi connectivity index (χ3n) is 4.28. The third kappa shape index (κ3) is 4.43. The largest absolute Gasteiger partial charge is 0.507 e. The Morgan fingerprint density at radius 2 is 2.00 bits per heavy atom. The van der Waals surface area contributed by atoms with Crippen molar-refractivity contribution in [3.05, 3.63) is 59.2 Å². The smallest absolute Gasteiger partial charge is 0.204 e. The van der Waals surface area contributed by atoms with E-state index in [1.165, 1.54) is 6.92 Å². The Kier molecular flexibility index (Phi) is 6.16. The molecule has 7 nitrogen and oxygen atoms in total. The van der Waals surface area contributed by atoms with E-state index in [2.05, 4.69) is 20.6 Å². The summed E-state index contributed by atoms with van der Waals surface area (Å²) in [7, 11) is 0. The Hall–Kier alpha value is -3.48. The van der Waals surface area contributed by atoms with Crippen molar-refractivity contribution in [3.63, 3.8) is 0 Å². The van der Waals surface area contributed by atoms with Gasteiger partial charge in [-0.25, -0.2) is 0 Å². The van der Waals surface area contributed by atoms with Crippen LogP contribution in [0.1, 0.15) is 41.8 Å². The normalized spacial score (nSPS) is 11.1. The van der Waals surface area contributed by atoms with Crippen LogP contribution in [0.15, 0.2) is 42.5 Å². The summed E-state index contributed by atoms with van der Waals surface area (Å²) in [5.74, 6) is 1.01. The molecule has 7 heteroatoms. The summed E-state index contributed by atoms with van der Waals surface area (Å²) < 4.78 is 5.82. The predicted octanol–water partition coefficient (Wildman–Crippen LogP) is 3.82. The van der Waals surface area contributed by atoms with Crippen LogP contribution in [-0.2, 0) is 6.42 Å². The van der Waals surface area contributed by atoms with Gasteiger partial charge in [0.15, 0.2) is 5.78 Å². The molecule has 0 amide bonds. The fraction of sp³-hybridized carbons (Fsp3) is 0.238. The first kappa shape index (κ1) is 19.3. The van der Waals surface area contributed by atoms with Crippen molar-refractivity contribution in [1.29, 1.82) is 0 Å². The second-order valence-electron chi connectivity index (χ2n) is 6.32. The Morgan fingerprint density at radius 1 is 1.21 bits per heavy atom. The Labute approximate surface area is 163 Å². The molecule has 3 aromatic rings. The number of aromatic nitrogens is 4. The standard InChI is InChI=1S/C21H22N4O3/c1-3-5-18-19(12-11-17(14(2)26)20(18)27)28-13-4-6-15-7-9-16(10-8-15)21-22-24-25-23-21/h4,6-12,27H,3,5,13H2,1-2H3,(H,22,23,24,25)/b6-4-. The van der Waals surface area contributed by atoms with Gasteiger partial charge in [-0.15, -0.1) is 10.2 Å². The highest BCUT2D eigenvalue weighted by atomic mass is 16.5. The Balaban J connectivity index is 1.65. The molecule has 0 aliphatic rings. The fourth-order valence-corrected chi connectivity index (χ4v) is 2.88. The minimum absolute atomic E-state index is 0.0212. The summed E-state index contributed by atoms with van der Waals surface area (Å²) in [6, 6.07) is 11.1. The number of Topliss-reactive ketones (excluding diaryl/α,β-unsaturated/α-hetero) is 1. The molecule has 0 atom stereocenters. The van der Waals surface area contributed by atoms with Crippen LogP contribution in [0.4, 0.5) is 0 Å². The molecule has 28 heavy (non-hydrogen) atoms. The minimum atomic E-state index is -0.162.